The van der Waals surface area contributed by atoms with Gasteiger partial charge in [0.05, 0.1) is 25.8 Å². The summed E-state index contributed by atoms with van der Waals surface area (Å²) in [5.41, 5.74) is 1.12. The van der Waals surface area contributed by atoms with Gasteiger partial charge in [-0.15, -0.1) is 0 Å². The minimum atomic E-state index is -0.564. The fourth-order valence-electron chi connectivity index (χ4n) is 1.94. The van der Waals surface area contributed by atoms with E-state index in [4.69, 9.17) is 9.47 Å². The average molecular weight is 305 g/mol. The summed E-state index contributed by atoms with van der Waals surface area (Å²) in [6, 6.07) is 9.01. The fourth-order valence-corrected chi connectivity index (χ4v) is 3.13. The van der Waals surface area contributed by atoms with E-state index in [0.29, 0.717) is 5.04 Å². The molecule has 0 fully saturated rings. The molecule has 0 saturated carbocycles. The van der Waals surface area contributed by atoms with Crippen molar-refractivity contribution in [3.63, 3.8) is 0 Å². The normalized spacial score (nSPS) is 18.0. The van der Waals surface area contributed by atoms with E-state index in [0.717, 1.165) is 17.3 Å². The summed E-state index contributed by atoms with van der Waals surface area (Å²) in [6.07, 6.45) is 0. The molecule has 2 rings (SSSR count). The lowest BCUT2D eigenvalue weighted by Crippen LogP contribution is -2.25. The maximum atomic E-state index is 12.0. The van der Waals surface area contributed by atoms with Crippen LogP contribution < -0.4 is 0 Å². The van der Waals surface area contributed by atoms with Gasteiger partial charge in [0.2, 0.25) is 0 Å². The van der Waals surface area contributed by atoms with Crippen LogP contribution in [0.25, 0.3) is 0 Å². The largest absolute Gasteiger partial charge is 0.466 e. The fraction of sp³-hybridized carbons (Fsp3) is 0.267. The number of esters is 2. The second-order valence-electron chi connectivity index (χ2n) is 4.30. The Morgan fingerprint density at radius 1 is 1.10 bits per heavy atom. The molecule has 1 unspecified atom stereocenters. The van der Waals surface area contributed by atoms with E-state index in [2.05, 4.69) is 4.99 Å². The third kappa shape index (κ3) is 3.16. The first-order chi connectivity index (χ1) is 10.1. The van der Waals surface area contributed by atoms with Gasteiger partial charge in [-0.05, 0) is 6.92 Å². The lowest BCUT2D eigenvalue weighted by atomic mass is 10.1. The molecule has 1 aliphatic rings. The highest BCUT2D eigenvalue weighted by Crippen LogP contribution is 2.34. The van der Waals surface area contributed by atoms with Crippen molar-refractivity contribution in [1.29, 1.82) is 0 Å². The van der Waals surface area contributed by atoms with E-state index in [-0.39, 0.29) is 10.5 Å². The van der Waals surface area contributed by atoms with Crippen LogP contribution >= 0.6 is 11.8 Å². The third-order valence-corrected chi connectivity index (χ3v) is 4.09. The van der Waals surface area contributed by atoms with Crippen molar-refractivity contribution >= 4 is 28.7 Å². The third-order valence-electron chi connectivity index (χ3n) is 2.97. The molecule has 0 aromatic heterocycles. The second-order valence-corrected chi connectivity index (χ2v) is 5.30. The lowest BCUT2D eigenvalue weighted by molar-refractivity contribution is -0.139. The lowest BCUT2D eigenvalue weighted by Gasteiger charge is -2.21. The molecule has 0 radical (unpaired) electrons. The Hall–Kier alpha value is -2.08. The molecule has 0 amide bonds. The molecule has 5 nitrogen and oxygen atoms in total. The van der Waals surface area contributed by atoms with Crippen LogP contribution in [0.5, 0.6) is 0 Å². The Balaban J connectivity index is 2.44. The van der Waals surface area contributed by atoms with Crippen LogP contribution in [-0.4, -0.2) is 37.2 Å². The van der Waals surface area contributed by atoms with Gasteiger partial charge >= 0.3 is 11.9 Å². The Kier molecular flexibility index (Phi) is 4.80. The van der Waals surface area contributed by atoms with E-state index in [1.807, 2.05) is 30.3 Å². The number of aliphatic imine (C=N–C) groups is 1. The molecule has 1 atom stereocenters. The summed E-state index contributed by atoms with van der Waals surface area (Å²) in [6.45, 7) is 1.75. The molecule has 1 aliphatic heterocycles. The van der Waals surface area contributed by atoms with Gasteiger partial charge in [-0.1, -0.05) is 42.1 Å². The number of carbonyl (C=O) groups excluding carboxylic acids is 2. The van der Waals surface area contributed by atoms with Crippen molar-refractivity contribution in [2.24, 2.45) is 4.99 Å². The van der Waals surface area contributed by atoms with E-state index >= 15 is 0 Å². The number of rotatable bonds is 3. The van der Waals surface area contributed by atoms with Crippen LogP contribution in [0.4, 0.5) is 0 Å². The second kappa shape index (κ2) is 6.58. The first kappa shape index (κ1) is 15.3. The molecule has 6 heteroatoms. The van der Waals surface area contributed by atoms with Crippen LogP contribution in [0.3, 0.4) is 0 Å². The number of carbonyl (C=O) groups is 2. The van der Waals surface area contributed by atoms with Gasteiger partial charge in [-0.25, -0.2) is 9.59 Å². The molecule has 21 heavy (non-hydrogen) atoms. The average Bonchev–Trinajstić information content (AvgIpc) is 2.53. The summed E-state index contributed by atoms with van der Waals surface area (Å²) >= 11 is 1.13. The molecule has 0 N–H and O–H groups in total. The smallest absolute Gasteiger partial charge is 0.345 e. The zero-order valence-corrected chi connectivity index (χ0v) is 12.8. The number of hydrogen-bond acceptors (Lipinski definition) is 6. The highest BCUT2D eigenvalue weighted by molar-refractivity contribution is 8.18. The molecule has 0 spiro atoms. The predicted molar refractivity (Wildman–Crippen MR) is 81.1 cm³/mol. The Labute approximate surface area is 127 Å². The first-order valence-electron chi connectivity index (χ1n) is 6.30. The molecule has 0 aliphatic carbocycles. The van der Waals surface area contributed by atoms with Crippen LogP contribution in [0.15, 0.2) is 45.8 Å². The monoisotopic (exact) mass is 305 g/mol. The maximum Gasteiger partial charge on any atom is 0.345 e. The molecule has 1 heterocycles. The molecule has 110 valence electrons. The van der Waals surface area contributed by atoms with Crippen molar-refractivity contribution in [3.8, 4) is 0 Å². The van der Waals surface area contributed by atoms with Gasteiger partial charge in [0, 0.05) is 5.56 Å². The van der Waals surface area contributed by atoms with Gasteiger partial charge in [0.15, 0.2) is 0 Å². The van der Waals surface area contributed by atoms with Crippen LogP contribution in [0, 0.1) is 0 Å². The van der Waals surface area contributed by atoms with E-state index in [1.165, 1.54) is 14.2 Å². The zero-order valence-electron chi connectivity index (χ0n) is 12.0. The van der Waals surface area contributed by atoms with E-state index < -0.39 is 18.0 Å². The highest BCUT2D eigenvalue weighted by Gasteiger charge is 2.32. The van der Waals surface area contributed by atoms with E-state index in [9.17, 15) is 9.59 Å². The number of methoxy groups -OCH3 is 2. The van der Waals surface area contributed by atoms with Crippen LogP contribution in [-0.2, 0) is 19.1 Å². The van der Waals surface area contributed by atoms with E-state index in [1.54, 1.807) is 6.92 Å². The summed E-state index contributed by atoms with van der Waals surface area (Å²) in [7, 11) is 2.56. The van der Waals surface area contributed by atoms with Gasteiger partial charge in [0.25, 0.3) is 0 Å². The zero-order chi connectivity index (χ0) is 15.4. The van der Waals surface area contributed by atoms with Crippen molar-refractivity contribution in [3.05, 3.63) is 46.4 Å². The number of hydrogen-bond donors (Lipinski definition) is 0. The van der Waals surface area contributed by atoms with Gasteiger partial charge < -0.3 is 9.47 Å². The topological polar surface area (TPSA) is 65.0 Å². The number of benzene rings is 1. The molecule has 1 aromatic carbocycles. The summed E-state index contributed by atoms with van der Waals surface area (Å²) in [4.78, 5) is 28.5. The Bertz CT molecular complexity index is 622. The molecule has 0 saturated heterocycles. The number of ether oxygens (including phenoxy) is 2. The van der Waals surface area contributed by atoms with Crippen LogP contribution in [0.1, 0.15) is 12.5 Å². The highest BCUT2D eigenvalue weighted by atomic mass is 32.2. The maximum absolute atomic E-state index is 12.0. The number of thioether (sulfide) groups is 1. The van der Waals surface area contributed by atoms with Crippen molar-refractivity contribution in [2.75, 3.05) is 14.2 Å². The van der Waals surface area contributed by atoms with Gasteiger partial charge in [0.1, 0.15) is 9.95 Å². The number of nitrogens with zero attached hydrogens (tertiary/aromatic N) is 1. The summed E-state index contributed by atoms with van der Waals surface area (Å²) in [5.74, 6) is -1.12. The SMILES string of the molecule is COC(=O)C1=C(C(=O)OC)C(C)N=C(c2ccccc2)S1. The summed E-state index contributed by atoms with van der Waals surface area (Å²) in [5, 5.41) is 0.677. The van der Waals surface area contributed by atoms with Crippen LogP contribution in [0.2, 0.25) is 0 Å². The van der Waals surface area contributed by atoms with Gasteiger partial charge in [-0.2, -0.15) is 0 Å². The Morgan fingerprint density at radius 2 is 1.71 bits per heavy atom. The molecule has 1 aromatic rings. The minimum Gasteiger partial charge on any atom is -0.466 e. The molecular weight excluding hydrogens is 290 g/mol. The minimum absolute atomic E-state index is 0.228. The standard InChI is InChI=1S/C15H15NO4S/c1-9-11(14(17)19-2)12(15(18)20-3)21-13(16-9)10-7-5-4-6-8-10/h4-9H,1-3H3. The summed E-state index contributed by atoms with van der Waals surface area (Å²) < 4.78 is 9.51. The van der Waals surface area contributed by atoms with Crippen molar-refractivity contribution < 1.29 is 19.1 Å². The molecular formula is C15H15NO4S. The van der Waals surface area contributed by atoms with Gasteiger partial charge in [-0.3, -0.25) is 4.99 Å². The quantitative estimate of drug-likeness (QED) is 0.801. The Morgan fingerprint density at radius 3 is 2.29 bits per heavy atom. The van der Waals surface area contributed by atoms with Crippen molar-refractivity contribution in [2.45, 2.75) is 13.0 Å². The van der Waals surface area contributed by atoms with Crippen molar-refractivity contribution in [1.82, 2.24) is 0 Å². The first-order valence-corrected chi connectivity index (χ1v) is 7.12. The predicted octanol–water partition coefficient (Wildman–Crippen LogP) is 2.17. The molecule has 0 bridgehead atoms.